The molecule has 1 heterocycles. The van der Waals surface area contributed by atoms with Gasteiger partial charge in [-0.25, -0.2) is 8.42 Å². The number of hydrogen-bond acceptors (Lipinski definition) is 5. The summed E-state index contributed by atoms with van der Waals surface area (Å²) >= 11 is 0. The number of hydrogen-bond donors (Lipinski definition) is 1. The molecule has 2 aromatic carbocycles. The molecule has 8 heteroatoms. The summed E-state index contributed by atoms with van der Waals surface area (Å²) in [5.41, 5.74) is 3.71. The number of ether oxygens (including phenoxy) is 1. The maximum Gasteiger partial charge on any atom is 0.324 e. The molecule has 166 valence electrons. The van der Waals surface area contributed by atoms with E-state index in [1.54, 1.807) is 30.3 Å². The third kappa shape index (κ3) is 5.51. The molecule has 1 saturated heterocycles. The number of rotatable bonds is 6. The lowest BCUT2D eigenvalue weighted by atomic mass is 10.1. The standard InChI is InChI=1S/C23H28N2O5S/c1-16-7-11-20(12-8-16)31(28,29)25-13-5-4-6-21(25)23(27)30-15-22(26)24-19-10-9-17(2)18(3)14-19/h7-12,14,21H,4-6,13,15H2,1-3H3,(H,24,26). The summed E-state index contributed by atoms with van der Waals surface area (Å²) in [4.78, 5) is 25.0. The molecule has 31 heavy (non-hydrogen) atoms. The molecule has 0 saturated carbocycles. The SMILES string of the molecule is Cc1ccc(S(=O)(=O)N2CCCCC2C(=O)OCC(=O)Nc2ccc(C)c(C)c2)cc1. The lowest BCUT2D eigenvalue weighted by Gasteiger charge is -2.33. The zero-order valence-corrected chi connectivity index (χ0v) is 18.9. The Morgan fingerprint density at radius 2 is 1.74 bits per heavy atom. The first kappa shape index (κ1) is 23.0. The van der Waals surface area contributed by atoms with Crippen molar-refractivity contribution in [1.82, 2.24) is 4.31 Å². The van der Waals surface area contributed by atoms with Crippen molar-refractivity contribution < 1.29 is 22.7 Å². The number of aryl methyl sites for hydroxylation is 3. The highest BCUT2D eigenvalue weighted by Gasteiger charge is 2.38. The molecular formula is C23H28N2O5S. The molecule has 3 rings (SSSR count). The monoisotopic (exact) mass is 444 g/mol. The van der Waals surface area contributed by atoms with Crippen LogP contribution < -0.4 is 5.32 Å². The average molecular weight is 445 g/mol. The lowest BCUT2D eigenvalue weighted by Crippen LogP contribution is -2.48. The van der Waals surface area contributed by atoms with Crippen molar-refractivity contribution in [2.75, 3.05) is 18.5 Å². The predicted octanol–water partition coefficient (Wildman–Crippen LogP) is 3.34. The van der Waals surface area contributed by atoms with Gasteiger partial charge >= 0.3 is 5.97 Å². The molecular weight excluding hydrogens is 416 g/mol. The molecule has 0 aliphatic carbocycles. The summed E-state index contributed by atoms with van der Waals surface area (Å²) in [6.45, 7) is 5.56. The maximum atomic E-state index is 13.1. The first-order valence-electron chi connectivity index (χ1n) is 10.3. The highest BCUT2D eigenvalue weighted by Crippen LogP contribution is 2.26. The van der Waals surface area contributed by atoms with Crippen molar-refractivity contribution in [3.05, 3.63) is 59.2 Å². The minimum atomic E-state index is -3.84. The van der Waals surface area contributed by atoms with E-state index in [-0.39, 0.29) is 11.4 Å². The number of nitrogens with zero attached hydrogens (tertiary/aromatic N) is 1. The Labute approximate surface area is 183 Å². The average Bonchev–Trinajstić information content (AvgIpc) is 2.75. The minimum Gasteiger partial charge on any atom is -0.454 e. The third-order valence-electron chi connectivity index (χ3n) is 5.49. The van der Waals surface area contributed by atoms with Crippen molar-refractivity contribution in [1.29, 1.82) is 0 Å². The zero-order valence-electron chi connectivity index (χ0n) is 18.1. The van der Waals surface area contributed by atoms with Gasteiger partial charge in [-0.05, 0) is 75.4 Å². The van der Waals surface area contributed by atoms with Crippen molar-refractivity contribution in [3.63, 3.8) is 0 Å². The molecule has 0 spiro atoms. The molecule has 1 aliphatic heterocycles. The van der Waals surface area contributed by atoms with Crippen molar-refractivity contribution in [2.24, 2.45) is 0 Å². The molecule has 0 radical (unpaired) electrons. The van der Waals surface area contributed by atoms with Gasteiger partial charge < -0.3 is 10.1 Å². The smallest absolute Gasteiger partial charge is 0.324 e. The van der Waals surface area contributed by atoms with Gasteiger partial charge in [-0.2, -0.15) is 4.31 Å². The molecule has 1 atom stereocenters. The Morgan fingerprint density at radius 3 is 2.42 bits per heavy atom. The summed E-state index contributed by atoms with van der Waals surface area (Å²) in [5.74, 6) is -1.18. The molecule has 1 aliphatic rings. The van der Waals surface area contributed by atoms with Crippen molar-refractivity contribution in [3.8, 4) is 0 Å². The summed E-state index contributed by atoms with van der Waals surface area (Å²) < 4.78 is 32.6. The van der Waals surface area contributed by atoms with E-state index in [0.29, 0.717) is 24.9 Å². The molecule has 7 nitrogen and oxygen atoms in total. The van der Waals surface area contributed by atoms with Crippen LogP contribution in [0.3, 0.4) is 0 Å². The number of piperidine rings is 1. The van der Waals surface area contributed by atoms with E-state index in [4.69, 9.17) is 4.74 Å². The predicted molar refractivity (Wildman–Crippen MR) is 118 cm³/mol. The van der Waals surface area contributed by atoms with Crippen LogP contribution in [0.5, 0.6) is 0 Å². The number of carbonyl (C=O) groups is 2. The first-order valence-corrected chi connectivity index (χ1v) is 11.7. The van der Waals surface area contributed by atoms with Crippen LogP contribution in [-0.4, -0.2) is 43.8 Å². The topological polar surface area (TPSA) is 92.8 Å². The van der Waals surface area contributed by atoms with Crippen LogP contribution in [0.2, 0.25) is 0 Å². The van der Waals surface area contributed by atoms with Crippen LogP contribution in [0.4, 0.5) is 5.69 Å². The number of benzene rings is 2. The third-order valence-corrected chi connectivity index (χ3v) is 7.41. The van der Waals surface area contributed by atoms with Crippen LogP contribution in [-0.2, 0) is 24.3 Å². The number of esters is 1. The maximum absolute atomic E-state index is 13.1. The van der Waals surface area contributed by atoms with E-state index in [2.05, 4.69) is 5.32 Å². The minimum absolute atomic E-state index is 0.144. The van der Waals surface area contributed by atoms with Gasteiger partial charge in [0.2, 0.25) is 10.0 Å². The van der Waals surface area contributed by atoms with Gasteiger partial charge in [-0.3, -0.25) is 9.59 Å². The number of anilines is 1. The van der Waals surface area contributed by atoms with E-state index in [9.17, 15) is 18.0 Å². The largest absolute Gasteiger partial charge is 0.454 e. The van der Waals surface area contributed by atoms with Gasteiger partial charge in [0.25, 0.3) is 5.91 Å². The van der Waals surface area contributed by atoms with Crippen LogP contribution in [0.1, 0.15) is 36.0 Å². The molecule has 1 N–H and O–H groups in total. The summed E-state index contributed by atoms with van der Waals surface area (Å²) in [5, 5.41) is 2.69. The fourth-order valence-electron chi connectivity index (χ4n) is 3.52. The lowest BCUT2D eigenvalue weighted by molar-refractivity contribution is -0.152. The Hall–Kier alpha value is -2.71. The number of carbonyl (C=O) groups excluding carboxylic acids is 2. The van der Waals surface area contributed by atoms with Gasteiger partial charge in [-0.1, -0.05) is 23.8 Å². The van der Waals surface area contributed by atoms with E-state index in [1.165, 1.54) is 4.31 Å². The summed E-state index contributed by atoms with van der Waals surface area (Å²) in [7, 11) is -3.84. The summed E-state index contributed by atoms with van der Waals surface area (Å²) in [6.07, 6.45) is 1.75. The highest BCUT2D eigenvalue weighted by molar-refractivity contribution is 7.89. The fraction of sp³-hybridized carbons (Fsp3) is 0.391. The van der Waals surface area contributed by atoms with Crippen LogP contribution >= 0.6 is 0 Å². The second-order valence-electron chi connectivity index (χ2n) is 7.90. The number of sulfonamides is 1. The van der Waals surface area contributed by atoms with E-state index in [1.807, 2.05) is 32.9 Å². The normalized spacial score (nSPS) is 17.2. The Morgan fingerprint density at radius 1 is 1.03 bits per heavy atom. The quantitative estimate of drug-likeness (QED) is 0.690. The molecule has 0 bridgehead atoms. The Kier molecular flexibility index (Phi) is 7.12. The van der Waals surface area contributed by atoms with E-state index in [0.717, 1.165) is 16.7 Å². The molecule has 1 fully saturated rings. The van der Waals surface area contributed by atoms with E-state index >= 15 is 0 Å². The number of nitrogens with one attached hydrogen (secondary N) is 1. The molecule has 0 aromatic heterocycles. The second kappa shape index (κ2) is 9.62. The van der Waals surface area contributed by atoms with Crippen molar-refractivity contribution >= 4 is 27.6 Å². The molecule has 1 unspecified atom stereocenters. The Balaban J connectivity index is 1.65. The van der Waals surface area contributed by atoms with Gasteiger partial charge in [0.15, 0.2) is 6.61 Å². The van der Waals surface area contributed by atoms with Crippen LogP contribution in [0.15, 0.2) is 47.4 Å². The Bertz CT molecular complexity index is 1060. The highest BCUT2D eigenvalue weighted by atomic mass is 32.2. The first-order chi connectivity index (χ1) is 14.7. The van der Waals surface area contributed by atoms with Crippen molar-refractivity contribution in [2.45, 2.75) is 51.0 Å². The van der Waals surface area contributed by atoms with Gasteiger partial charge in [0, 0.05) is 12.2 Å². The molecule has 1 amide bonds. The van der Waals surface area contributed by atoms with Crippen LogP contribution in [0, 0.1) is 20.8 Å². The van der Waals surface area contributed by atoms with E-state index < -0.39 is 34.5 Å². The second-order valence-corrected chi connectivity index (χ2v) is 9.79. The van der Waals surface area contributed by atoms with Gasteiger partial charge in [0.05, 0.1) is 4.90 Å². The van der Waals surface area contributed by atoms with Gasteiger partial charge in [-0.15, -0.1) is 0 Å². The fourth-order valence-corrected chi connectivity index (χ4v) is 5.17. The molecule has 2 aromatic rings. The summed E-state index contributed by atoms with van der Waals surface area (Å²) in [6, 6.07) is 11.1. The zero-order chi connectivity index (χ0) is 22.6. The number of amides is 1. The van der Waals surface area contributed by atoms with Gasteiger partial charge in [0.1, 0.15) is 6.04 Å². The van der Waals surface area contributed by atoms with Crippen LogP contribution in [0.25, 0.3) is 0 Å².